The molecule has 2 aliphatic rings. The first-order valence-electron chi connectivity index (χ1n) is 13.0. The van der Waals surface area contributed by atoms with Crippen LogP contribution in [0.25, 0.3) is 5.65 Å². The number of fused-ring (bicyclic) bond motifs is 1. The largest absolute Gasteiger partial charge is 0.445 e. The number of alkyl halides is 5. The van der Waals surface area contributed by atoms with E-state index in [9.17, 15) is 31.5 Å². The van der Waals surface area contributed by atoms with E-state index in [0.717, 1.165) is 5.56 Å². The van der Waals surface area contributed by atoms with Crippen molar-refractivity contribution in [2.75, 3.05) is 0 Å². The molecule has 8 nitrogen and oxygen atoms in total. The lowest BCUT2D eigenvalue weighted by Crippen LogP contribution is -2.38. The Labute approximate surface area is 226 Å². The Morgan fingerprint density at radius 1 is 1.15 bits per heavy atom. The van der Waals surface area contributed by atoms with Crippen LogP contribution >= 0.6 is 0 Å². The molecule has 2 amide bonds. The van der Waals surface area contributed by atoms with Crippen molar-refractivity contribution in [3.05, 3.63) is 65.6 Å². The number of carbonyl (C=O) groups is 2. The van der Waals surface area contributed by atoms with Crippen molar-refractivity contribution in [2.45, 2.75) is 69.3 Å². The van der Waals surface area contributed by atoms with Gasteiger partial charge in [0.15, 0.2) is 5.65 Å². The van der Waals surface area contributed by atoms with Gasteiger partial charge in [0.1, 0.15) is 12.6 Å². The fourth-order valence-electron chi connectivity index (χ4n) is 5.30. The number of ether oxygens (including phenoxy) is 1. The Hall–Kier alpha value is -3.77. The summed E-state index contributed by atoms with van der Waals surface area (Å²) in [6.07, 6.45) is -4.34. The Morgan fingerprint density at radius 2 is 1.88 bits per heavy atom. The zero-order chi connectivity index (χ0) is 28.5. The van der Waals surface area contributed by atoms with Crippen LogP contribution in [0.1, 0.15) is 55.1 Å². The SMILES string of the molecule is O=C(N[C@H](c1cn2nc(C[C@H]3C[C@@H](C(F)(F)F)NC3=O)ccc2n1)C1CCC(F)(F)CC1)OCc1ccccc1. The third-order valence-electron chi connectivity index (χ3n) is 7.49. The third kappa shape index (κ3) is 6.50. The van der Waals surface area contributed by atoms with Gasteiger partial charge in [-0.2, -0.15) is 18.3 Å². The minimum atomic E-state index is -4.52. The Kier molecular flexibility index (Phi) is 7.65. The summed E-state index contributed by atoms with van der Waals surface area (Å²) in [7, 11) is 0. The van der Waals surface area contributed by atoms with E-state index in [1.54, 1.807) is 30.5 Å². The van der Waals surface area contributed by atoms with Crippen molar-refractivity contribution in [3.63, 3.8) is 0 Å². The second-order valence-electron chi connectivity index (χ2n) is 10.4. The Morgan fingerprint density at radius 3 is 2.55 bits per heavy atom. The Bertz CT molecular complexity index is 1350. The maximum atomic E-state index is 13.9. The first-order chi connectivity index (χ1) is 19.0. The molecule has 0 bridgehead atoms. The highest BCUT2D eigenvalue weighted by Gasteiger charge is 2.47. The van der Waals surface area contributed by atoms with Gasteiger partial charge in [0.25, 0.3) is 0 Å². The summed E-state index contributed by atoms with van der Waals surface area (Å²) in [5.74, 6) is -4.64. The molecule has 2 fully saturated rings. The molecule has 3 atom stereocenters. The van der Waals surface area contributed by atoms with Gasteiger partial charge in [-0.1, -0.05) is 30.3 Å². The average Bonchev–Trinajstić information content (AvgIpc) is 3.50. The molecular formula is C27H28F5N5O3. The summed E-state index contributed by atoms with van der Waals surface area (Å²) in [5, 5.41) is 9.19. The smallest absolute Gasteiger partial charge is 0.408 e. The van der Waals surface area contributed by atoms with E-state index in [0.29, 0.717) is 17.0 Å². The van der Waals surface area contributed by atoms with Crippen LogP contribution < -0.4 is 10.6 Å². The van der Waals surface area contributed by atoms with Crippen LogP contribution in [0.15, 0.2) is 48.7 Å². The van der Waals surface area contributed by atoms with Crippen LogP contribution in [0.5, 0.6) is 0 Å². The molecule has 1 aromatic carbocycles. The predicted octanol–water partition coefficient (Wildman–Crippen LogP) is 5.13. The first kappa shape index (κ1) is 27.8. The molecule has 13 heteroatoms. The van der Waals surface area contributed by atoms with E-state index in [-0.39, 0.29) is 51.0 Å². The van der Waals surface area contributed by atoms with Crippen LogP contribution in [-0.4, -0.2) is 44.7 Å². The minimum Gasteiger partial charge on any atom is -0.445 e. The van der Waals surface area contributed by atoms with E-state index >= 15 is 0 Å². The van der Waals surface area contributed by atoms with Crippen LogP contribution in [0.2, 0.25) is 0 Å². The van der Waals surface area contributed by atoms with Crippen molar-refractivity contribution in [1.29, 1.82) is 0 Å². The zero-order valence-electron chi connectivity index (χ0n) is 21.3. The van der Waals surface area contributed by atoms with Crippen LogP contribution in [0.4, 0.5) is 26.7 Å². The quantitative estimate of drug-likeness (QED) is 0.387. The van der Waals surface area contributed by atoms with Gasteiger partial charge < -0.3 is 15.4 Å². The fourth-order valence-corrected chi connectivity index (χ4v) is 5.30. The molecule has 3 aromatic rings. The van der Waals surface area contributed by atoms with Gasteiger partial charge in [-0.15, -0.1) is 0 Å². The normalized spacial score (nSPS) is 22.2. The minimum absolute atomic E-state index is 0.00701. The number of nitrogens with one attached hydrogen (secondary N) is 2. The maximum Gasteiger partial charge on any atom is 0.408 e. The molecule has 2 aromatic heterocycles. The van der Waals surface area contributed by atoms with Gasteiger partial charge in [0.05, 0.1) is 23.6 Å². The van der Waals surface area contributed by atoms with Gasteiger partial charge in [0, 0.05) is 25.2 Å². The Balaban J connectivity index is 1.32. The molecule has 1 saturated carbocycles. The fraction of sp³-hybridized carbons (Fsp3) is 0.481. The standard InChI is InChI=1S/C27H28F5N5O3/c28-26(29)10-8-17(9-11-26)23(35-25(39)40-15-16-4-2-1-3-5-16)20-14-37-22(33-20)7-6-19(36-37)12-18-13-21(27(30,31)32)34-24(18)38/h1-7,14,17-18,21,23H,8-13,15H2,(H,34,38)(H,35,39)/t18-,21-,23-/m0/s1. The number of alkyl carbamates (subject to hydrolysis) is 1. The molecule has 0 radical (unpaired) electrons. The number of carbonyl (C=O) groups excluding carboxylic acids is 2. The van der Waals surface area contributed by atoms with E-state index in [2.05, 4.69) is 15.4 Å². The lowest BCUT2D eigenvalue weighted by molar-refractivity contribution is -0.154. The molecule has 0 unspecified atom stereocenters. The van der Waals surface area contributed by atoms with Gasteiger partial charge in [0.2, 0.25) is 11.8 Å². The molecule has 1 aliphatic heterocycles. The third-order valence-corrected chi connectivity index (χ3v) is 7.49. The predicted molar refractivity (Wildman–Crippen MR) is 132 cm³/mol. The van der Waals surface area contributed by atoms with Crippen molar-refractivity contribution >= 4 is 17.6 Å². The number of amides is 2. The number of hydrogen-bond acceptors (Lipinski definition) is 5. The number of imidazole rings is 1. The topological polar surface area (TPSA) is 97.6 Å². The summed E-state index contributed by atoms with van der Waals surface area (Å²) in [5.41, 5.74) is 1.97. The summed E-state index contributed by atoms with van der Waals surface area (Å²) >= 11 is 0. The van der Waals surface area contributed by atoms with Crippen molar-refractivity contribution < 1.29 is 36.3 Å². The number of hydrogen-bond donors (Lipinski definition) is 2. The summed E-state index contributed by atoms with van der Waals surface area (Å²) < 4.78 is 73.6. The number of halogens is 5. The summed E-state index contributed by atoms with van der Waals surface area (Å²) in [6.45, 7) is 0.0299. The average molecular weight is 566 g/mol. The lowest BCUT2D eigenvalue weighted by Gasteiger charge is -2.33. The van der Waals surface area contributed by atoms with E-state index in [1.807, 2.05) is 23.5 Å². The van der Waals surface area contributed by atoms with Gasteiger partial charge >= 0.3 is 12.3 Å². The highest BCUT2D eigenvalue weighted by atomic mass is 19.4. The highest BCUT2D eigenvalue weighted by Crippen LogP contribution is 2.41. The van der Waals surface area contributed by atoms with Gasteiger partial charge in [-0.05, 0) is 42.9 Å². The second-order valence-corrected chi connectivity index (χ2v) is 10.4. The molecule has 40 heavy (non-hydrogen) atoms. The molecule has 1 aliphatic carbocycles. The van der Waals surface area contributed by atoms with Gasteiger partial charge in [-0.3, -0.25) is 4.79 Å². The molecule has 2 N–H and O–H groups in total. The number of nitrogens with zero attached hydrogens (tertiary/aromatic N) is 3. The molecule has 3 heterocycles. The molecular weight excluding hydrogens is 537 g/mol. The number of aromatic nitrogens is 3. The van der Waals surface area contributed by atoms with Crippen molar-refractivity contribution in [2.24, 2.45) is 11.8 Å². The molecule has 0 spiro atoms. The summed E-state index contributed by atoms with van der Waals surface area (Å²) in [4.78, 5) is 29.4. The molecule has 5 rings (SSSR count). The molecule has 214 valence electrons. The first-order valence-corrected chi connectivity index (χ1v) is 13.0. The van der Waals surface area contributed by atoms with Crippen molar-refractivity contribution in [1.82, 2.24) is 25.2 Å². The lowest BCUT2D eigenvalue weighted by atomic mass is 9.81. The summed E-state index contributed by atoms with van der Waals surface area (Å²) in [6, 6.07) is 9.65. The number of rotatable bonds is 7. The highest BCUT2D eigenvalue weighted by molar-refractivity contribution is 5.81. The van der Waals surface area contributed by atoms with Gasteiger partial charge in [-0.25, -0.2) is 23.1 Å². The number of benzene rings is 1. The second kappa shape index (κ2) is 11.0. The monoisotopic (exact) mass is 565 g/mol. The van der Waals surface area contributed by atoms with Crippen LogP contribution in [0, 0.1) is 11.8 Å². The van der Waals surface area contributed by atoms with E-state index < -0.39 is 42.1 Å². The van der Waals surface area contributed by atoms with Crippen LogP contribution in [0.3, 0.4) is 0 Å². The van der Waals surface area contributed by atoms with Crippen LogP contribution in [-0.2, 0) is 22.6 Å². The van der Waals surface area contributed by atoms with Crippen molar-refractivity contribution in [3.8, 4) is 0 Å². The van der Waals surface area contributed by atoms with E-state index in [4.69, 9.17) is 4.74 Å². The zero-order valence-corrected chi connectivity index (χ0v) is 21.3. The van der Waals surface area contributed by atoms with E-state index in [1.165, 1.54) is 4.52 Å². The molecule has 1 saturated heterocycles. The maximum absolute atomic E-state index is 13.9.